The first-order valence-corrected chi connectivity index (χ1v) is 10.6. The highest BCUT2D eigenvalue weighted by Gasteiger charge is 2.27. The van der Waals surface area contributed by atoms with Crippen molar-refractivity contribution in [3.8, 4) is 0 Å². The Kier molecular flexibility index (Phi) is 5.46. The summed E-state index contributed by atoms with van der Waals surface area (Å²) in [7, 11) is 0. The lowest BCUT2D eigenvalue weighted by molar-refractivity contribution is 0.383. The van der Waals surface area contributed by atoms with E-state index in [1.165, 1.54) is 16.2 Å². The van der Waals surface area contributed by atoms with Crippen LogP contribution in [0.4, 0.5) is 17.6 Å². The van der Waals surface area contributed by atoms with Crippen molar-refractivity contribution in [3.05, 3.63) is 69.6 Å². The first-order valence-electron chi connectivity index (χ1n) is 9.83. The Morgan fingerprint density at radius 1 is 0.857 bits per heavy atom. The lowest BCUT2D eigenvalue weighted by Gasteiger charge is -2.29. The van der Waals surface area contributed by atoms with Gasteiger partial charge in [0, 0.05) is 4.88 Å². The lowest BCUT2D eigenvalue weighted by atomic mass is 9.76. The van der Waals surface area contributed by atoms with E-state index in [0.717, 1.165) is 53.5 Å². The molecule has 1 aliphatic rings. The predicted octanol–water partition coefficient (Wildman–Crippen LogP) is 7.85. The zero-order valence-electron chi connectivity index (χ0n) is 15.7. The molecule has 4 rings (SSSR count). The highest BCUT2D eigenvalue weighted by molar-refractivity contribution is 7.19. The van der Waals surface area contributed by atoms with Crippen molar-refractivity contribution in [2.45, 2.75) is 57.3 Å². The van der Waals surface area contributed by atoms with Gasteiger partial charge in [0.15, 0.2) is 17.5 Å². The van der Waals surface area contributed by atoms with Crippen LogP contribution in [0.2, 0.25) is 0 Å². The first kappa shape index (κ1) is 19.4. The minimum Gasteiger partial charge on any atom is -0.205 e. The first-order chi connectivity index (χ1) is 13.5. The summed E-state index contributed by atoms with van der Waals surface area (Å²) < 4.78 is 56.1. The van der Waals surface area contributed by atoms with Crippen molar-refractivity contribution in [3.63, 3.8) is 0 Å². The van der Waals surface area contributed by atoms with Gasteiger partial charge in [-0.3, -0.25) is 0 Å². The Labute approximate surface area is 166 Å². The number of halogens is 4. The van der Waals surface area contributed by atoms with Crippen LogP contribution in [-0.4, -0.2) is 0 Å². The summed E-state index contributed by atoms with van der Waals surface area (Å²) >= 11 is 1.53. The quantitative estimate of drug-likeness (QED) is 0.306. The topological polar surface area (TPSA) is 0 Å². The third-order valence-corrected chi connectivity index (χ3v) is 7.05. The van der Waals surface area contributed by atoms with Gasteiger partial charge in [-0.05, 0) is 78.7 Å². The largest absolute Gasteiger partial charge is 0.205 e. The number of aryl methyl sites for hydroxylation is 1. The van der Waals surface area contributed by atoms with Crippen molar-refractivity contribution in [1.29, 1.82) is 0 Å². The van der Waals surface area contributed by atoms with Gasteiger partial charge in [-0.15, -0.1) is 11.3 Å². The van der Waals surface area contributed by atoms with Crippen molar-refractivity contribution in [2.75, 3.05) is 0 Å². The van der Waals surface area contributed by atoms with Crippen LogP contribution in [0.15, 0.2) is 30.3 Å². The SMILES string of the molecule is CCCc1cc2ccc(C3CCC(c4cc(F)c(F)c(F)c4)CC3)c(F)c2s1. The fourth-order valence-corrected chi connectivity index (χ4v) is 5.58. The minimum atomic E-state index is -1.42. The van der Waals surface area contributed by atoms with Gasteiger partial charge in [-0.25, -0.2) is 17.6 Å². The van der Waals surface area contributed by atoms with Gasteiger partial charge in [0.2, 0.25) is 0 Å². The molecule has 0 nitrogen and oxygen atoms in total. The number of fused-ring (bicyclic) bond motifs is 1. The van der Waals surface area contributed by atoms with E-state index in [4.69, 9.17) is 0 Å². The average Bonchev–Trinajstić information content (AvgIpc) is 3.10. The highest BCUT2D eigenvalue weighted by Crippen LogP contribution is 2.43. The van der Waals surface area contributed by atoms with Crippen molar-refractivity contribution >= 4 is 21.4 Å². The van der Waals surface area contributed by atoms with Crippen LogP contribution < -0.4 is 0 Å². The van der Waals surface area contributed by atoms with Gasteiger partial charge in [0.1, 0.15) is 5.82 Å². The molecule has 0 spiro atoms. The minimum absolute atomic E-state index is 0.0227. The van der Waals surface area contributed by atoms with Gasteiger partial charge >= 0.3 is 0 Å². The summed E-state index contributed by atoms with van der Waals surface area (Å²) in [6.07, 6.45) is 4.91. The molecule has 0 radical (unpaired) electrons. The van der Waals surface area contributed by atoms with Gasteiger partial charge in [0.05, 0.1) is 4.70 Å². The molecule has 0 N–H and O–H groups in total. The normalized spacial score (nSPS) is 20.0. The Morgan fingerprint density at radius 2 is 1.50 bits per heavy atom. The van der Waals surface area contributed by atoms with E-state index in [9.17, 15) is 13.2 Å². The van der Waals surface area contributed by atoms with Crippen molar-refractivity contribution < 1.29 is 17.6 Å². The molecular weight excluding hydrogens is 384 g/mol. The zero-order chi connectivity index (χ0) is 19.8. The van der Waals surface area contributed by atoms with E-state index in [1.54, 1.807) is 0 Å². The molecule has 0 atom stereocenters. The van der Waals surface area contributed by atoms with E-state index < -0.39 is 17.5 Å². The second-order valence-corrected chi connectivity index (χ2v) is 8.83. The number of hydrogen-bond acceptors (Lipinski definition) is 1. The van der Waals surface area contributed by atoms with Crippen LogP contribution in [0.3, 0.4) is 0 Å². The van der Waals surface area contributed by atoms with Crippen LogP contribution in [-0.2, 0) is 6.42 Å². The standard InChI is InChI=1S/C23H22F4S/c1-2-3-17-10-15-8-9-18(21(26)23(15)28-17)14-6-4-13(5-7-14)16-11-19(24)22(27)20(25)12-16/h8-14H,2-7H2,1H3. The fourth-order valence-electron chi connectivity index (χ4n) is 4.37. The molecule has 5 heteroatoms. The Hall–Kier alpha value is -1.88. The summed E-state index contributed by atoms with van der Waals surface area (Å²) in [5.41, 5.74) is 1.24. The summed E-state index contributed by atoms with van der Waals surface area (Å²) in [5, 5.41) is 0.959. The summed E-state index contributed by atoms with van der Waals surface area (Å²) in [6, 6.07) is 8.15. The number of rotatable bonds is 4. The van der Waals surface area contributed by atoms with Crippen molar-refractivity contribution in [1.82, 2.24) is 0 Å². The van der Waals surface area contributed by atoms with Gasteiger partial charge < -0.3 is 0 Å². The molecule has 0 aliphatic heterocycles. The maximum Gasteiger partial charge on any atom is 0.194 e. The third kappa shape index (κ3) is 3.57. The van der Waals surface area contributed by atoms with Gasteiger partial charge in [-0.2, -0.15) is 0 Å². The molecule has 2 aromatic carbocycles. The molecule has 0 saturated heterocycles. The Morgan fingerprint density at radius 3 is 2.14 bits per heavy atom. The zero-order valence-corrected chi connectivity index (χ0v) is 16.5. The smallest absolute Gasteiger partial charge is 0.194 e. The molecule has 0 unspecified atom stereocenters. The second-order valence-electron chi connectivity index (χ2n) is 7.70. The molecule has 148 valence electrons. The van der Waals surface area contributed by atoms with Crippen LogP contribution >= 0.6 is 11.3 Å². The van der Waals surface area contributed by atoms with E-state index in [1.807, 2.05) is 12.1 Å². The molecule has 1 saturated carbocycles. The molecule has 28 heavy (non-hydrogen) atoms. The third-order valence-electron chi connectivity index (χ3n) is 5.85. The van der Waals surface area contributed by atoms with Crippen LogP contribution in [0, 0.1) is 23.3 Å². The molecule has 1 aromatic heterocycles. The summed E-state index contributed by atoms with van der Waals surface area (Å²) in [6.45, 7) is 2.11. The molecule has 1 heterocycles. The number of benzene rings is 2. The second kappa shape index (κ2) is 7.86. The summed E-state index contributed by atoms with van der Waals surface area (Å²) in [5.74, 6) is -3.75. The Bertz CT molecular complexity index is 976. The van der Waals surface area contributed by atoms with Gasteiger partial charge in [-0.1, -0.05) is 25.5 Å². The van der Waals surface area contributed by atoms with Crippen molar-refractivity contribution in [2.24, 2.45) is 0 Å². The molecular formula is C23H22F4S. The monoisotopic (exact) mass is 406 g/mol. The molecule has 1 aliphatic carbocycles. The lowest BCUT2D eigenvalue weighted by Crippen LogP contribution is -2.14. The fraction of sp³-hybridized carbons (Fsp3) is 0.391. The number of hydrogen-bond donors (Lipinski definition) is 0. The molecule has 0 amide bonds. The Balaban J connectivity index is 1.53. The number of thiophene rings is 1. The molecule has 3 aromatic rings. The molecule has 1 fully saturated rings. The average molecular weight is 406 g/mol. The van der Waals surface area contributed by atoms with E-state index in [0.29, 0.717) is 18.4 Å². The van der Waals surface area contributed by atoms with Crippen LogP contribution in [0.25, 0.3) is 10.1 Å². The maximum absolute atomic E-state index is 15.1. The highest BCUT2D eigenvalue weighted by atomic mass is 32.1. The van der Waals surface area contributed by atoms with Crippen LogP contribution in [0.5, 0.6) is 0 Å². The van der Waals surface area contributed by atoms with E-state index in [-0.39, 0.29) is 17.7 Å². The summed E-state index contributed by atoms with van der Waals surface area (Å²) in [4.78, 5) is 1.21. The van der Waals surface area contributed by atoms with Crippen LogP contribution in [0.1, 0.15) is 66.9 Å². The molecule has 0 bridgehead atoms. The van der Waals surface area contributed by atoms with E-state index in [2.05, 4.69) is 13.0 Å². The predicted molar refractivity (Wildman–Crippen MR) is 106 cm³/mol. The maximum atomic E-state index is 15.1. The van der Waals surface area contributed by atoms with Gasteiger partial charge in [0.25, 0.3) is 0 Å². The van der Waals surface area contributed by atoms with E-state index >= 15 is 4.39 Å².